The van der Waals surface area contributed by atoms with E-state index in [4.69, 9.17) is 0 Å². The molecule has 0 N–H and O–H groups in total. The Morgan fingerprint density at radius 2 is 1.61 bits per heavy atom. The van der Waals surface area contributed by atoms with Gasteiger partial charge in [0.05, 0.1) is 0 Å². The van der Waals surface area contributed by atoms with Gasteiger partial charge in [0.1, 0.15) is 0 Å². The van der Waals surface area contributed by atoms with E-state index in [1.165, 1.54) is 5.69 Å². The topological polar surface area (TPSA) is 26.8 Å². The van der Waals surface area contributed by atoms with Gasteiger partial charge in [0.2, 0.25) is 0 Å². The molecular formula is C19H23N3O. The van der Waals surface area contributed by atoms with Crippen LogP contribution in [0, 0.1) is 0 Å². The number of hydrogen-bond acceptors (Lipinski definition) is 3. The Hall–Kier alpha value is -2.49. The maximum Gasteiger partial charge on any atom is 0.254 e. The standard InChI is InChI=1S/C19H23N3O/c1-20(2)18-10-6-7-16(15-18)19(23)22-13-11-21(12-14-22)17-8-4-3-5-9-17/h3-10,15H,11-14H2,1-2H3. The Morgan fingerprint density at radius 1 is 0.913 bits per heavy atom. The van der Waals surface area contributed by atoms with Crippen LogP contribution in [-0.4, -0.2) is 51.1 Å². The van der Waals surface area contributed by atoms with E-state index < -0.39 is 0 Å². The number of piperazine rings is 1. The van der Waals surface area contributed by atoms with E-state index in [0.717, 1.165) is 37.4 Å². The fraction of sp³-hybridized carbons (Fsp3) is 0.316. The number of hydrogen-bond donors (Lipinski definition) is 0. The molecule has 2 aromatic carbocycles. The van der Waals surface area contributed by atoms with Crippen molar-refractivity contribution in [2.75, 3.05) is 50.1 Å². The van der Waals surface area contributed by atoms with Crippen LogP contribution in [0.15, 0.2) is 54.6 Å². The summed E-state index contributed by atoms with van der Waals surface area (Å²) in [5.41, 5.74) is 3.05. The van der Waals surface area contributed by atoms with Crippen LogP contribution in [0.2, 0.25) is 0 Å². The monoisotopic (exact) mass is 309 g/mol. The van der Waals surface area contributed by atoms with Gasteiger partial charge < -0.3 is 14.7 Å². The van der Waals surface area contributed by atoms with Crippen molar-refractivity contribution in [1.82, 2.24) is 4.90 Å². The van der Waals surface area contributed by atoms with Gasteiger partial charge >= 0.3 is 0 Å². The minimum Gasteiger partial charge on any atom is -0.378 e. The molecule has 3 rings (SSSR count). The zero-order valence-corrected chi connectivity index (χ0v) is 13.8. The summed E-state index contributed by atoms with van der Waals surface area (Å²) in [6.45, 7) is 3.28. The summed E-state index contributed by atoms with van der Waals surface area (Å²) in [5.74, 6) is 0.126. The van der Waals surface area contributed by atoms with Crippen LogP contribution in [0.3, 0.4) is 0 Å². The summed E-state index contributed by atoms with van der Waals surface area (Å²) in [4.78, 5) is 19.0. The van der Waals surface area contributed by atoms with Gasteiger partial charge in [0.25, 0.3) is 5.91 Å². The average Bonchev–Trinajstić information content (AvgIpc) is 2.62. The molecule has 4 heteroatoms. The first-order valence-electron chi connectivity index (χ1n) is 8.02. The van der Waals surface area contributed by atoms with Crippen LogP contribution in [0.1, 0.15) is 10.4 Å². The lowest BCUT2D eigenvalue weighted by Gasteiger charge is -2.36. The lowest BCUT2D eigenvalue weighted by molar-refractivity contribution is 0.0747. The van der Waals surface area contributed by atoms with Gasteiger partial charge in [0, 0.05) is 57.2 Å². The van der Waals surface area contributed by atoms with Crippen molar-refractivity contribution in [3.05, 3.63) is 60.2 Å². The maximum absolute atomic E-state index is 12.7. The number of carbonyl (C=O) groups is 1. The van der Waals surface area contributed by atoms with E-state index in [1.54, 1.807) is 0 Å². The number of para-hydroxylation sites is 1. The summed E-state index contributed by atoms with van der Waals surface area (Å²) in [7, 11) is 3.98. The lowest BCUT2D eigenvalue weighted by Crippen LogP contribution is -2.48. The SMILES string of the molecule is CN(C)c1cccc(C(=O)N2CCN(c3ccccc3)CC2)c1. The molecule has 0 atom stereocenters. The molecular weight excluding hydrogens is 286 g/mol. The third-order valence-electron chi connectivity index (χ3n) is 4.30. The Balaban J connectivity index is 1.65. The van der Waals surface area contributed by atoms with Crippen molar-refractivity contribution >= 4 is 17.3 Å². The van der Waals surface area contributed by atoms with E-state index >= 15 is 0 Å². The molecule has 1 heterocycles. The molecule has 120 valence electrons. The highest BCUT2D eigenvalue weighted by Gasteiger charge is 2.22. The van der Waals surface area contributed by atoms with Crippen molar-refractivity contribution in [2.45, 2.75) is 0 Å². The molecule has 1 aliphatic heterocycles. The summed E-state index contributed by atoms with van der Waals surface area (Å²) in [6, 6.07) is 18.2. The molecule has 0 bridgehead atoms. The number of rotatable bonds is 3. The molecule has 4 nitrogen and oxygen atoms in total. The third-order valence-corrected chi connectivity index (χ3v) is 4.30. The minimum atomic E-state index is 0.126. The zero-order chi connectivity index (χ0) is 16.2. The predicted molar refractivity (Wildman–Crippen MR) is 95.3 cm³/mol. The van der Waals surface area contributed by atoms with Crippen LogP contribution < -0.4 is 9.80 Å². The Kier molecular flexibility index (Phi) is 4.51. The first kappa shape index (κ1) is 15.4. The van der Waals surface area contributed by atoms with Crippen LogP contribution in [-0.2, 0) is 0 Å². The van der Waals surface area contributed by atoms with E-state index in [-0.39, 0.29) is 5.91 Å². The summed E-state index contributed by atoms with van der Waals surface area (Å²) in [6.07, 6.45) is 0. The third kappa shape index (κ3) is 3.47. The highest BCUT2D eigenvalue weighted by molar-refractivity contribution is 5.95. The molecule has 1 amide bonds. The predicted octanol–water partition coefficient (Wildman–Crippen LogP) is 2.72. The second-order valence-corrected chi connectivity index (χ2v) is 6.06. The highest BCUT2D eigenvalue weighted by Crippen LogP contribution is 2.18. The molecule has 1 aliphatic rings. The van der Waals surface area contributed by atoms with Gasteiger partial charge in [-0.05, 0) is 30.3 Å². The molecule has 1 saturated heterocycles. The van der Waals surface area contributed by atoms with Crippen LogP contribution in [0.5, 0.6) is 0 Å². The Morgan fingerprint density at radius 3 is 2.26 bits per heavy atom. The highest BCUT2D eigenvalue weighted by atomic mass is 16.2. The fourth-order valence-corrected chi connectivity index (χ4v) is 2.91. The van der Waals surface area contributed by atoms with Crippen molar-refractivity contribution in [3.63, 3.8) is 0 Å². The fourth-order valence-electron chi connectivity index (χ4n) is 2.91. The first-order chi connectivity index (χ1) is 11.1. The Bertz CT molecular complexity index is 661. The van der Waals surface area contributed by atoms with Gasteiger partial charge in [-0.15, -0.1) is 0 Å². The normalized spacial score (nSPS) is 14.7. The average molecular weight is 309 g/mol. The van der Waals surface area contributed by atoms with Crippen molar-refractivity contribution in [3.8, 4) is 0 Å². The van der Waals surface area contributed by atoms with E-state index in [9.17, 15) is 4.79 Å². The molecule has 0 spiro atoms. The summed E-state index contributed by atoms with van der Waals surface area (Å²) >= 11 is 0. The quantitative estimate of drug-likeness (QED) is 0.872. The molecule has 23 heavy (non-hydrogen) atoms. The van der Waals surface area contributed by atoms with Gasteiger partial charge in [-0.2, -0.15) is 0 Å². The van der Waals surface area contributed by atoms with Crippen molar-refractivity contribution in [1.29, 1.82) is 0 Å². The van der Waals surface area contributed by atoms with E-state index in [2.05, 4.69) is 29.2 Å². The molecule has 2 aromatic rings. The maximum atomic E-state index is 12.7. The molecule has 0 aliphatic carbocycles. The van der Waals surface area contributed by atoms with Crippen LogP contribution >= 0.6 is 0 Å². The first-order valence-corrected chi connectivity index (χ1v) is 8.02. The van der Waals surface area contributed by atoms with Gasteiger partial charge in [-0.25, -0.2) is 0 Å². The van der Waals surface area contributed by atoms with Gasteiger partial charge in [-0.1, -0.05) is 24.3 Å². The zero-order valence-electron chi connectivity index (χ0n) is 13.8. The summed E-state index contributed by atoms with van der Waals surface area (Å²) in [5, 5.41) is 0. The van der Waals surface area contributed by atoms with Crippen LogP contribution in [0.25, 0.3) is 0 Å². The molecule has 0 aromatic heterocycles. The smallest absolute Gasteiger partial charge is 0.254 e. The second-order valence-electron chi connectivity index (χ2n) is 6.06. The molecule has 1 fully saturated rings. The van der Waals surface area contributed by atoms with Crippen molar-refractivity contribution < 1.29 is 4.79 Å². The van der Waals surface area contributed by atoms with Gasteiger partial charge in [-0.3, -0.25) is 4.79 Å². The van der Waals surface area contributed by atoms with Crippen LogP contribution in [0.4, 0.5) is 11.4 Å². The van der Waals surface area contributed by atoms with Crippen molar-refractivity contribution in [2.24, 2.45) is 0 Å². The van der Waals surface area contributed by atoms with E-state index in [0.29, 0.717) is 0 Å². The molecule has 0 unspecified atom stereocenters. The second kappa shape index (κ2) is 6.73. The minimum absolute atomic E-state index is 0.126. The number of anilines is 2. The number of amides is 1. The number of carbonyl (C=O) groups excluding carboxylic acids is 1. The number of nitrogens with zero attached hydrogens (tertiary/aromatic N) is 3. The summed E-state index contributed by atoms with van der Waals surface area (Å²) < 4.78 is 0. The molecule has 0 saturated carbocycles. The lowest BCUT2D eigenvalue weighted by atomic mass is 10.1. The largest absolute Gasteiger partial charge is 0.378 e. The molecule has 0 radical (unpaired) electrons. The Labute approximate surface area is 137 Å². The van der Waals surface area contributed by atoms with Gasteiger partial charge in [0.15, 0.2) is 0 Å². The van der Waals surface area contributed by atoms with E-state index in [1.807, 2.05) is 54.2 Å². The number of benzene rings is 2.